The average Bonchev–Trinajstić information content (AvgIpc) is 1.68. The standard InChI is InChI=1S/C5H10OS/c1-5(7-2)3-4-6/h4-5H,3H2,1-2H3/t5-/m1/s1. The molecule has 0 aromatic rings. The number of carbonyl (C=O) groups is 1. The van der Waals surface area contributed by atoms with Crippen LogP contribution in [-0.4, -0.2) is 17.8 Å². The first-order chi connectivity index (χ1) is 3.31. The Morgan fingerprint density at radius 3 is 2.57 bits per heavy atom. The first-order valence-electron chi connectivity index (χ1n) is 2.27. The number of hydrogen-bond acceptors (Lipinski definition) is 2. The van der Waals surface area contributed by atoms with Gasteiger partial charge in [0.25, 0.3) is 0 Å². The molecule has 0 saturated heterocycles. The highest BCUT2D eigenvalue weighted by molar-refractivity contribution is 7.99. The van der Waals surface area contributed by atoms with Crippen molar-refractivity contribution < 1.29 is 4.79 Å². The average molecular weight is 118 g/mol. The van der Waals surface area contributed by atoms with E-state index < -0.39 is 0 Å². The van der Waals surface area contributed by atoms with E-state index in [1.807, 2.05) is 13.2 Å². The van der Waals surface area contributed by atoms with E-state index in [9.17, 15) is 4.79 Å². The zero-order chi connectivity index (χ0) is 5.70. The van der Waals surface area contributed by atoms with E-state index in [2.05, 4.69) is 0 Å². The first kappa shape index (κ1) is 7.02. The Hall–Kier alpha value is 0.0200. The maximum atomic E-state index is 9.76. The van der Waals surface area contributed by atoms with Crippen LogP contribution in [0.4, 0.5) is 0 Å². The summed E-state index contributed by atoms with van der Waals surface area (Å²) in [5.74, 6) is 0. The van der Waals surface area contributed by atoms with Gasteiger partial charge in [-0.1, -0.05) is 6.92 Å². The van der Waals surface area contributed by atoms with E-state index in [0.717, 1.165) is 6.29 Å². The number of hydrogen-bond donors (Lipinski definition) is 0. The molecule has 7 heavy (non-hydrogen) atoms. The molecule has 1 nitrogen and oxygen atoms in total. The first-order valence-corrected chi connectivity index (χ1v) is 3.56. The van der Waals surface area contributed by atoms with Crippen molar-refractivity contribution in [3.8, 4) is 0 Å². The molecule has 42 valence electrons. The third-order valence-corrected chi connectivity index (χ3v) is 1.83. The highest BCUT2D eigenvalue weighted by Crippen LogP contribution is 2.06. The molecule has 0 aliphatic carbocycles. The van der Waals surface area contributed by atoms with Crippen LogP contribution < -0.4 is 0 Å². The predicted molar refractivity (Wildman–Crippen MR) is 33.7 cm³/mol. The van der Waals surface area contributed by atoms with E-state index in [1.54, 1.807) is 11.8 Å². The van der Waals surface area contributed by atoms with Gasteiger partial charge in [0.2, 0.25) is 0 Å². The van der Waals surface area contributed by atoms with Gasteiger partial charge in [0.15, 0.2) is 0 Å². The fourth-order valence-electron chi connectivity index (χ4n) is 0.232. The molecule has 0 spiro atoms. The Labute approximate surface area is 48.5 Å². The summed E-state index contributed by atoms with van der Waals surface area (Å²) in [5, 5.41) is 0.498. The molecule has 0 aromatic carbocycles. The summed E-state index contributed by atoms with van der Waals surface area (Å²) >= 11 is 1.72. The molecule has 0 fully saturated rings. The Morgan fingerprint density at radius 2 is 2.43 bits per heavy atom. The normalized spacial score (nSPS) is 13.4. The van der Waals surface area contributed by atoms with Crippen molar-refractivity contribution in [2.45, 2.75) is 18.6 Å². The quantitative estimate of drug-likeness (QED) is 0.520. The number of thioether (sulfide) groups is 1. The van der Waals surface area contributed by atoms with Crippen molar-refractivity contribution in [1.29, 1.82) is 0 Å². The summed E-state index contributed by atoms with van der Waals surface area (Å²) < 4.78 is 0. The van der Waals surface area contributed by atoms with Crippen molar-refractivity contribution in [1.82, 2.24) is 0 Å². The van der Waals surface area contributed by atoms with Crippen LogP contribution in [0.5, 0.6) is 0 Å². The van der Waals surface area contributed by atoms with E-state index in [4.69, 9.17) is 0 Å². The lowest BCUT2D eigenvalue weighted by atomic mass is 10.4. The molecule has 0 aliphatic heterocycles. The van der Waals surface area contributed by atoms with Gasteiger partial charge < -0.3 is 4.79 Å². The van der Waals surface area contributed by atoms with E-state index in [-0.39, 0.29) is 0 Å². The Kier molecular flexibility index (Phi) is 4.20. The molecule has 2 heteroatoms. The fourth-order valence-corrected chi connectivity index (χ4v) is 0.503. The van der Waals surface area contributed by atoms with Crippen LogP contribution in [0.25, 0.3) is 0 Å². The topological polar surface area (TPSA) is 17.1 Å². The fraction of sp³-hybridized carbons (Fsp3) is 0.800. The number of aldehydes is 1. The third kappa shape index (κ3) is 3.86. The van der Waals surface area contributed by atoms with Gasteiger partial charge in [-0.05, 0) is 6.26 Å². The summed E-state index contributed by atoms with van der Waals surface area (Å²) in [4.78, 5) is 9.76. The lowest BCUT2D eigenvalue weighted by molar-refractivity contribution is -0.107. The van der Waals surface area contributed by atoms with Gasteiger partial charge in [0.05, 0.1) is 0 Å². The van der Waals surface area contributed by atoms with Gasteiger partial charge >= 0.3 is 0 Å². The minimum absolute atomic E-state index is 0.498. The molecular weight excluding hydrogens is 108 g/mol. The minimum Gasteiger partial charge on any atom is -0.303 e. The maximum absolute atomic E-state index is 9.76. The van der Waals surface area contributed by atoms with E-state index in [1.165, 1.54) is 0 Å². The lowest BCUT2D eigenvalue weighted by Crippen LogP contribution is -1.93. The van der Waals surface area contributed by atoms with Crippen molar-refractivity contribution >= 4 is 18.0 Å². The molecule has 0 saturated carbocycles. The zero-order valence-electron chi connectivity index (χ0n) is 4.68. The molecule has 0 N–H and O–H groups in total. The van der Waals surface area contributed by atoms with E-state index in [0.29, 0.717) is 11.7 Å². The monoisotopic (exact) mass is 118 g/mol. The second-order valence-corrected chi connectivity index (χ2v) is 2.72. The van der Waals surface area contributed by atoms with Crippen molar-refractivity contribution in [2.24, 2.45) is 0 Å². The van der Waals surface area contributed by atoms with Crippen LogP contribution in [0.3, 0.4) is 0 Å². The molecule has 0 unspecified atom stereocenters. The van der Waals surface area contributed by atoms with Crippen LogP contribution in [0.2, 0.25) is 0 Å². The van der Waals surface area contributed by atoms with Crippen LogP contribution in [0.1, 0.15) is 13.3 Å². The highest BCUT2D eigenvalue weighted by Gasteiger charge is 1.93. The lowest BCUT2D eigenvalue weighted by Gasteiger charge is -1.98. The molecule has 0 rings (SSSR count). The van der Waals surface area contributed by atoms with Crippen LogP contribution in [0.15, 0.2) is 0 Å². The molecule has 0 bridgehead atoms. The van der Waals surface area contributed by atoms with Crippen molar-refractivity contribution in [3.63, 3.8) is 0 Å². The van der Waals surface area contributed by atoms with E-state index >= 15 is 0 Å². The smallest absolute Gasteiger partial charge is 0.121 e. The van der Waals surface area contributed by atoms with Gasteiger partial charge in [-0.15, -0.1) is 0 Å². The SMILES string of the molecule is CS[C@H](C)CC=O. The Bertz CT molecular complexity index is 54.0. The van der Waals surface area contributed by atoms with Gasteiger partial charge in [-0.3, -0.25) is 0 Å². The molecule has 0 aromatic heterocycles. The van der Waals surface area contributed by atoms with Gasteiger partial charge in [-0.25, -0.2) is 0 Å². The van der Waals surface area contributed by atoms with Gasteiger partial charge in [0.1, 0.15) is 6.29 Å². The summed E-state index contributed by atoms with van der Waals surface area (Å²) in [7, 11) is 0. The molecule has 0 aliphatic rings. The molecule has 0 amide bonds. The summed E-state index contributed by atoms with van der Waals surface area (Å²) in [6.45, 7) is 2.04. The number of rotatable bonds is 3. The Morgan fingerprint density at radius 1 is 1.86 bits per heavy atom. The molecular formula is C5H10OS. The zero-order valence-corrected chi connectivity index (χ0v) is 5.49. The third-order valence-electron chi connectivity index (χ3n) is 0.831. The Balaban J connectivity index is 2.98. The highest BCUT2D eigenvalue weighted by atomic mass is 32.2. The summed E-state index contributed by atoms with van der Waals surface area (Å²) in [6, 6.07) is 0. The minimum atomic E-state index is 0.498. The second-order valence-electron chi connectivity index (χ2n) is 1.45. The van der Waals surface area contributed by atoms with Crippen LogP contribution in [0, 0.1) is 0 Å². The molecule has 0 heterocycles. The predicted octanol–water partition coefficient (Wildman–Crippen LogP) is 1.33. The maximum Gasteiger partial charge on any atom is 0.121 e. The molecule has 1 atom stereocenters. The van der Waals surface area contributed by atoms with Gasteiger partial charge in [-0.2, -0.15) is 11.8 Å². The number of carbonyl (C=O) groups excluding carboxylic acids is 1. The second kappa shape index (κ2) is 4.19. The van der Waals surface area contributed by atoms with Gasteiger partial charge in [0, 0.05) is 11.7 Å². The largest absolute Gasteiger partial charge is 0.303 e. The van der Waals surface area contributed by atoms with Crippen molar-refractivity contribution in [2.75, 3.05) is 6.26 Å². The molecule has 0 radical (unpaired) electrons. The summed E-state index contributed by atoms with van der Waals surface area (Å²) in [6.07, 6.45) is 3.65. The van der Waals surface area contributed by atoms with Crippen LogP contribution >= 0.6 is 11.8 Å². The van der Waals surface area contributed by atoms with Crippen LogP contribution in [-0.2, 0) is 4.79 Å². The van der Waals surface area contributed by atoms with Crippen molar-refractivity contribution in [3.05, 3.63) is 0 Å². The summed E-state index contributed by atoms with van der Waals surface area (Å²) in [5.41, 5.74) is 0.